The number of benzene rings is 2. The number of nitrogens with one attached hydrogen (secondary N) is 1. The lowest BCUT2D eigenvalue weighted by Crippen LogP contribution is -2.10. The Labute approximate surface area is 121 Å². The SMILES string of the molecule is Cc1cc(C)c(C(C)Nc2ccc(C#N)cc2)c(C)c1. The van der Waals surface area contributed by atoms with Crippen LogP contribution < -0.4 is 5.32 Å². The van der Waals surface area contributed by atoms with Crippen LogP contribution in [0.5, 0.6) is 0 Å². The van der Waals surface area contributed by atoms with Crippen LogP contribution in [0.4, 0.5) is 5.69 Å². The van der Waals surface area contributed by atoms with Crippen molar-refractivity contribution in [3.05, 3.63) is 64.2 Å². The molecule has 2 aromatic rings. The zero-order chi connectivity index (χ0) is 14.7. The van der Waals surface area contributed by atoms with Crippen molar-refractivity contribution in [3.8, 4) is 6.07 Å². The predicted octanol–water partition coefficient (Wildman–Crippen LogP) is 4.66. The molecule has 0 saturated heterocycles. The first-order valence-corrected chi connectivity index (χ1v) is 6.85. The molecule has 0 amide bonds. The second-order valence-electron chi connectivity index (χ2n) is 5.37. The summed E-state index contributed by atoms with van der Waals surface area (Å²) in [6, 6.07) is 14.4. The Morgan fingerprint density at radius 3 is 2.05 bits per heavy atom. The normalized spacial score (nSPS) is 11.8. The van der Waals surface area contributed by atoms with Gasteiger partial charge in [0, 0.05) is 11.7 Å². The molecule has 20 heavy (non-hydrogen) atoms. The number of hydrogen-bond donors (Lipinski definition) is 1. The number of nitrogens with zero attached hydrogens (tertiary/aromatic N) is 1. The van der Waals surface area contributed by atoms with Crippen molar-refractivity contribution in [2.75, 3.05) is 5.32 Å². The van der Waals surface area contributed by atoms with Gasteiger partial charge >= 0.3 is 0 Å². The third-order valence-electron chi connectivity index (χ3n) is 3.57. The molecular formula is C18H20N2. The lowest BCUT2D eigenvalue weighted by Gasteiger charge is -2.21. The first-order chi connectivity index (χ1) is 9.51. The molecule has 2 nitrogen and oxygen atoms in total. The zero-order valence-electron chi connectivity index (χ0n) is 12.5. The van der Waals surface area contributed by atoms with E-state index in [-0.39, 0.29) is 6.04 Å². The summed E-state index contributed by atoms with van der Waals surface area (Å²) in [5.41, 5.74) is 7.00. The number of anilines is 1. The van der Waals surface area contributed by atoms with Gasteiger partial charge < -0.3 is 5.32 Å². The lowest BCUT2D eigenvalue weighted by molar-refractivity contribution is 0.862. The fourth-order valence-corrected chi connectivity index (χ4v) is 2.84. The Morgan fingerprint density at radius 2 is 1.55 bits per heavy atom. The highest BCUT2D eigenvalue weighted by Gasteiger charge is 2.11. The third kappa shape index (κ3) is 3.00. The van der Waals surface area contributed by atoms with Crippen molar-refractivity contribution in [2.45, 2.75) is 33.7 Å². The number of nitriles is 1. The van der Waals surface area contributed by atoms with Gasteiger partial charge in [-0.15, -0.1) is 0 Å². The van der Waals surface area contributed by atoms with Gasteiger partial charge in [0.15, 0.2) is 0 Å². The molecule has 2 rings (SSSR count). The van der Waals surface area contributed by atoms with Gasteiger partial charge in [0.1, 0.15) is 0 Å². The van der Waals surface area contributed by atoms with E-state index in [1.54, 1.807) is 0 Å². The summed E-state index contributed by atoms with van der Waals surface area (Å²) in [5, 5.41) is 12.3. The summed E-state index contributed by atoms with van der Waals surface area (Å²) < 4.78 is 0. The van der Waals surface area contributed by atoms with Gasteiger partial charge in [-0.2, -0.15) is 5.26 Å². The van der Waals surface area contributed by atoms with E-state index in [2.05, 4.69) is 51.2 Å². The average Bonchev–Trinajstić information content (AvgIpc) is 2.38. The van der Waals surface area contributed by atoms with Crippen molar-refractivity contribution in [1.82, 2.24) is 0 Å². The highest BCUT2D eigenvalue weighted by atomic mass is 14.9. The maximum absolute atomic E-state index is 8.82. The number of aryl methyl sites for hydroxylation is 3. The fourth-order valence-electron chi connectivity index (χ4n) is 2.84. The predicted molar refractivity (Wildman–Crippen MR) is 83.8 cm³/mol. The summed E-state index contributed by atoms with van der Waals surface area (Å²) in [6.45, 7) is 8.62. The van der Waals surface area contributed by atoms with Crippen LogP contribution in [-0.4, -0.2) is 0 Å². The molecule has 102 valence electrons. The van der Waals surface area contributed by atoms with Crippen LogP contribution in [-0.2, 0) is 0 Å². The van der Waals surface area contributed by atoms with Gasteiger partial charge in [-0.25, -0.2) is 0 Å². The first-order valence-electron chi connectivity index (χ1n) is 6.85. The van der Waals surface area contributed by atoms with Crippen LogP contribution >= 0.6 is 0 Å². The van der Waals surface area contributed by atoms with Gasteiger partial charge in [-0.05, 0) is 68.7 Å². The van der Waals surface area contributed by atoms with Gasteiger partial charge in [0.2, 0.25) is 0 Å². The molecule has 0 saturated carbocycles. The van der Waals surface area contributed by atoms with Crippen molar-refractivity contribution >= 4 is 5.69 Å². The van der Waals surface area contributed by atoms with Crippen LogP contribution in [0.25, 0.3) is 0 Å². The molecule has 2 heteroatoms. The molecule has 0 radical (unpaired) electrons. The van der Waals surface area contributed by atoms with Crippen LogP contribution in [0.3, 0.4) is 0 Å². The van der Waals surface area contributed by atoms with Crippen LogP contribution in [0.15, 0.2) is 36.4 Å². The van der Waals surface area contributed by atoms with Crippen molar-refractivity contribution in [1.29, 1.82) is 5.26 Å². The quantitative estimate of drug-likeness (QED) is 0.875. The summed E-state index contributed by atoms with van der Waals surface area (Å²) in [6.07, 6.45) is 0. The van der Waals surface area contributed by atoms with E-state index in [1.165, 1.54) is 22.3 Å². The average molecular weight is 264 g/mol. The minimum Gasteiger partial charge on any atom is -0.378 e. The Hall–Kier alpha value is -2.27. The largest absolute Gasteiger partial charge is 0.378 e. The molecule has 0 bridgehead atoms. The second-order valence-corrected chi connectivity index (χ2v) is 5.37. The molecule has 1 atom stereocenters. The van der Waals surface area contributed by atoms with E-state index < -0.39 is 0 Å². The van der Waals surface area contributed by atoms with Gasteiger partial charge in [-0.3, -0.25) is 0 Å². The highest BCUT2D eigenvalue weighted by Crippen LogP contribution is 2.26. The molecule has 0 heterocycles. The maximum atomic E-state index is 8.82. The van der Waals surface area contributed by atoms with Gasteiger partial charge in [0.05, 0.1) is 11.6 Å². The second kappa shape index (κ2) is 5.79. The number of hydrogen-bond acceptors (Lipinski definition) is 2. The van der Waals surface area contributed by atoms with Crippen molar-refractivity contribution < 1.29 is 0 Å². The first kappa shape index (κ1) is 14.1. The topological polar surface area (TPSA) is 35.8 Å². The molecule has 0 aromatic heterocycles. The Bertz CT molecular complexity index is 625. The maximum Gasteiger partial charge on any atom is 0.0991 e. The molecule has 0 fully saturated rings. The van der Waals surface area contributed by atoms with E-state index in [0.29, 0.717) is 5.56 Å². The Morgan fingerprint density at radius 1 is 1.00 bits per heavy atom. The van der Waals surface area contributed by atoms with Crippen LogP contribution in [0, 0.1) is 32.1 Å². The molecule has 0 aliphatic carbocycles. The summed E-state index contributed by atoms with van der Waals surface area (Å²) in [7, 11) is 0. The van der Waals surface area contributed by atoms with Crippen LogP contribution in [0.2, 0.25) is 0 Å². The monoisotopic (exact) mass is 264 g/mol. The Kier molecular flexibility index (Phi) is 4.10. The molecule has 1 unspecified atom stereocenters. The van der Waals surface area contributed by atoms with E-state index >= 15 is 0 Å². The van der Waals surface area contributed by atoms with Gasteiger partial charge in [0.25, 0.3) is 0 Å². The van der Waals surface area contributed by atoms with Crippen LogP contribution in [0.1, 0.15) is 40.8 Å². The summed E-state index contributed by atoms with van der Waals surface area (Å²) in [4.78, 5) is 0. The van der Waals surface area contributed by atoms with E-state index in [1.807, 2.05) is 24.3 Å². The lowest BCUT2D eigenvalue weighted by atomic mass is 9.94. The van der Waals surface area contributed by atoms with Gasteiger partial charge in [-0.1, -0.05) is 17.7 Å². The zero-order valence-corrected chi connectivity index (χ0v) is 12.5. The minimum absolute atomic E-state index is 0.239. The highest BCUT2D eigenvalue weighted by molar-refractivity contribution is 5.50. The third-order valence-corrected chi connectivity index (χ3v) is 3.57. The molecule has 0 spiro atoms. The van der Waals surface area contributed by atoms with E-state index in [9.17, 15) is 0 Å². The standard InChI is InChI=1S/C18H20N2/c1-12-9-13(2)18(14(3)10-12)15(4)20-17-7-5-16(11-19)6-8-17/h5-10,15,20H,1-4H3. The fraction of sp³-hybridized carbons (Fsp3) is 0.278. The molecule has 1 N–H and O–H groups in total. The van der Waals surface area contributed by atoms with E-state index in [0.717, 1.165) is 5.69 Å². The molecule has 2 aromatic carbocycles. The summed E-state index contributed by atoms with van der Waals surface area (Å²) >= 11 is 0. The summed E-state index contributed by atoms with van der Waals surface area (Å²) in [5.74, 6) is 0. The van der Waals surface area contributed by atoms with E-state index in [4.69, 9.17) is 5.26 Å². The minimum atomic E-state index is 0.239. The van der Waals surface area contributed by atoms with Crippen molar-refractivity contribution in [3.63, 3.8) is 0 Å². The molecule has 0 aliphatic heterocycles. The smallest absolute Gasteiger partial charge is 0.0991 e. The Balaban J connectivity index is 2.24. The molecule has 0 aliphatic rings. The molecular weight excluding hydrogens is 244 g/mol. The van der Waals surface area contributed by atoms with Crippen molar-refractivity contribution in [2.24, 2.45) is 0 Å². The number of rotatable bonds is 3.